The molecule has 0 spiro atoms. The van der Waals surface area contributed by atoms with Crippen molar-refractivity contribution in [3.8, 4) is 5.88 Å². The van der Waals surface area contributed by atoms with E-state index < -0.39 is 5.60 Å². The molecule has 0 saturated carbocycles. The van der Waals surface area contributed by atoms with Crippen molar-refractivity contribution in [2.45, 2.75) is 91.1 Å². The van der Waals surface area contributed by atoms with Crippen molar-refractivity contribution in [1.82, 2.24) is 8.75 Å². The van der Waals surface area contributed by atoms with Crippen LogP contribution in [0, 0.1) is 0 Å². The number of halogens is 1. The molecule has 1 atom stereocenters. The summed E-state index contributed by atoms with van der Waals surface area (Å²) in [4.78, 5) is 24.0. The van der Waals surface area contributed by atoms with Crippen molar-refractivity contribution in [1.29, 1.82) is 0 Å². The predicted octanol–water partition coefficient (Wildman–Crippen LogP) is 2.14. The molecule has 0 fully saturated rings. The number of aromatic nitrogens is 2. The van der Waals surface area contributed by atoms with E-state index in [9.17, 15) is 9.59 Å². The van der Waals surface area contributed by atoms with E-state index in [1.807, 2.05) is 20.8 Å². The zero-order valence-corrected chi connectivity index (χ0v) is 24.9. The molecule has 1 aromatic heterocycles. The van der Waals surface area contributed by atoms with Crippen LogP contribution in [0.15, 0.2) is 6.08 Å². The molecule has 10 heteroatoms. The molecular weight excluding hydrogens is 581 g/mol. The van der Waals surface area contributed by atoms with Crippen LogP contribution >= 0.6 is 11.7 Å². The lowest BCUT2D eigenvalue weighted by Gasteiger charge is -2.36. The molecule has 200 valence electrons. The highest BCUT2D eigenvalue weighted by Crippen LogP contribution is 2.30. The molecule has 1 unspecified atom stereocenters. The highest BCUT2D eigenvalue weighted by Gasteiger charge is 2.31. The molecule has 2 rings (SSSR count). The van der Waals surface area contributed by atoms with Crippen LogP contribution in [-0.2, 0) is 19.1 Å². The van der Waals surface area contributed by atoms with Crippen molar-refractivity contribution < 1.29 is 52.3 Å². The Morgan fingerprint density at radius 1 is 1.06 bits per heavy atom. The first-order valence-corrected chi connectivity index (χ1v) is 13.2. The van der Waals surface area contributed by atoms with E-state index in [0.29, 0.717) is 55.9 Å². The van der Waals surface area contributed by atoms with Gasteiger partial charge < -0.3 is 38.2 Å². The average Bonchev–Trinajstić information content (AvgIpc) is 3.23. The van der Waals surface area contributed by atoms with E-state index in [-0.39, 0.29) is 35.9 Å². The van der Waals surface area contributed by atoms with Crippen molar-refractivity contribution in [3.05, 3.63) is 11.8 Å². The molecule has 1 aliphatic heterocycles. The molecule has 1 aliphatic rings. The van der Waals surface area contributed by atoms with E-state index in [4.69, 9.17) is 14.2 Å². The maximum atomic E-state index is 12.3. The lowest BCUT2D eigenvalue weighted by atomic mass is 10.1. The summed E-state index contributed by atoms with van der Waals surface area (Å²) < 4.78 is 26.2. The van der Waals surface area contributed by atoms with Crippen molar-refractivity contribution >= 4 is 29.2 Å². The Kier molecular flexibility index (Phi) is 14.3. The number of esters is 2. The minimum atomic E-state index is -0.479. The average molecular weight is 624 g/mol. The number of unbranched alkanes of at least 4 members (excludes halogenated alkanes) is 4. The summed E-state index contributed by atoms with van der Waals surface area (Å²) in [5, 5.41) is 0. The summed E-state index contributed by atoms with van der Waals surface area (Å²) in [6, 6.07) is 0. The summed E-state index contributed by atoms with van der Waals surface area (Å²) in [7, 11) is 2.09. The number of hydrogen-bond donors (Lipinski definition) is 0. The molecule has 0 N–H and O–H groups in total. The SMILES string of the molecule is CCCCCCOc1nsnc1C1=CCC[N+](C)(COC(=O)CCCCC(=O)OC(C)(C)C)C1.[I-]. The first-order chi connectivity index (χ1) is 16.1. The molecule has 0 aromatic carbocycles. The van der Waals surface area contributed by atoms with Crippen molar-refractivity contribution in [2.24, 2.45) is 0 Å². The smallest absolute Gasteiger partial charge is 0.310 e. The van der Waals surface area contributed by atoms with E-state index in [1.165, 1.54) is 24.6 Å². The second kappa shape index (κ2) is 15.8. The van der Waals surface area contributed by atoms with E-state index in [2.05, 4.69) is 28.8 Å². The first-order valence-electron chi connectivity index (χ1n) is 12.5. The Balaban J connectivity index is 0.00000612. The van der Waals surface area contributed by atoms with Crippen LogP contribution in [0.5, 0.6) is 5.88 Å². The number of hydrogen-bond acceptors (Lipinski definition) is 8. The summed E-state index contributed by atoms with van der Waals surface area (Å²) in [6.07, 6.45) is 9.51. The molecule has 0 amide bonds. The van der Waals surface area contributed by atoms with Gasteiger partial charge in [0.2, 0.25) is 6.73 Å². The number of likely N-dealkylation sites (N-methyl/N-ethyl adjacent to an activating group) is 1. The van der Waals surface area contributed by atoms with Gasteiger partial charge >= 0.3 is 11.9 Å². The van der Waals surface area contributed by atoms with Gasteiger partial charge in [-0.2, -0.15) is 4.37 Å². The van der Waals surface area contributed by atoms with Gasteiger partial charge in [-0.1, -0.05) is 32.3 Å². The monoisotopic (exact) mass is 623 g/mol. The van der Waals surface area contributed by atoms with Crippen molar-refractivity contribution in [3.63, 3.8) is 0 Å². The van der Waals surface area contributed by atoms with Crippen LogP contribution in [0.3, 0.4) is 0 Å². The molecule has 1 aromatic rings. The summed E-state index contributed by atoms with van der Waals surface area (Å²) in [5.41, 5.74) is 1.43. The second-order valence-corrected chi connectivity index (χ2v) is 10.8. The highest BCUT2D eigenvalue weighted by molar-refractivity contribution is 6.99. The van der Waals surface area contributed by atoms with Gasteiger partial charge in [0.1, 0.15) is 17.8 Å². The zero-order chi connectivity index (χ0) is 25.0. The minimum absolute atomic E-state index is 0. The quantitative estimate of drug-likeness (QED) is 0.136. The van der Waals surface area contributed by atoms with Gasteiger partial charge in [0, 0.05) is 24.8 Å². The Morgan fingerprint density at radius 3 is 2.46 bits per heavy atom. The lowest BCUT2D eigenvalue weighted by Crippen LogP contribution is -3.00. The molecule has 0 saturated heterocycles. The minimum Gasteiger partial charge on any atom is -1.00 e. The van der Waals surface area contributed by atoms with Gasteiger partial charge in [-0.15, -0.1) is 4.37 Å². The fourth-order valence-electron chi connectivity index (χ4n) is 3.79. The Morgan fingerprint density at radius 2 is 1.77 bits per heavy atom. The molecule has 0 aliphatic carbocycles. The first kappa shape index (κ1) is 31.8. The van der Waals surface area contributed by atoms with Crippen LogP contribution < -0.4 is 28.7 Å². The summed E-state index contributed by atoms with van der Waals surface area (Å²) in [5.74, 6) is 0.154. The van der Waals surface area contributed by atoms with Gasteiger partial charge in [-0.3, -0.25) is 14.1 Å². The molecule has 8 nitrogen and oxygen atoms in total. The third kappa shape index (κ3) is 12.5. The number of carbonyl (C=O) groups is 2. The number of rotatable bonds is 14. The Bertz CT molecular complexity index is 824. The van der Waals surface area contributed by atoms with Crippen LogP contribution in [-0.4, -0.2) is 64.2 Å². The fraction of sp³-hybridized carbons (Fsp3) is 0.760. The number of ether oxygens (including phenoxy) is 3. The normalized spacial score (nSPS) is 17.8. The third-order valence-electron chi connectivity index (χ3n) is 5.58. The van der Waals surface area contributed by atoms with E-state index in [0.717, 1.165) is 37.1 Å². The third-order valence-corrected chi connectivity index (χ3v) is 6.09. The molecule has 0 radical (unpaired) electrons. The van der Waals surface area contributed by atoms with Gasteiger partial charge in [-0.25, -0.2) is 0 Å². The predicted molar refractivity (Wildman–Crippen MR) is 133 cm³/mol. The number of quaternary nitrogens is 1. The topological polar surface area (TPSA) is 87.6 Å². The van der Waals surface area contributed by atoms with Crippen LogP contribution in [0.1, 0.15) is 91.2 Å². The van der Waals surface area contributed by atoms with Gasteiger partial charge in [0.05, 0.1) is 31.9 Å². The van der Waals surface area contributed by atoms with Crippen LogP contribution in [0.4, 0.5) is 0 Å². The highest BCUT2D eigenvalue weighted by atomic mass is 127. The Labute approximate surface area is 231 Å². The van der Waals surface area contributed by atoms with E-state index >= 15 is 0 Å². The molecule has 2 heterocycles. The Hall–Kier alpha value is -1.27. The van der Waals surface area contributed by atoms with Gasteiger partial charge in [0.15, 0.2) is 0 Å². The maximum absolute atomic E-state index is 12.3. The van der Waals surface area contributed by atoms with Crippen LogP contribution in [0.25, 0.3) is 5.57 Å². The van der Waals surface area contributed by atoms with Gasteiger partial charge in [-0.05, 0) is 40.0 Å². The van der Waals surface area contributed by atoms with Gasteiger partial charge in [0.25, 0.3) is 5.88 Å². The molecular formula is C25H42IN3O5S. The molecule has 0 bridgehead atoms. The van der Waals surface area contributed by atoms with Crippen molar-refractivity contribution in [2.75, 3.05) is 33.5 Å². The molecule has 35 heavy (non-hydrogen) atoms. The fourth-order valence-corrected chi connectivity index (χ4v) is 4.32. The van der Waals surface area contributed by atoms with E-state index in [1.54, 1.807) is 0 Å². The summed E-state index contributed by atoms with van der Waals surface area (Å²) >= 11 is 1.17. The number of carbonyl (C=O) groups excluding carboxylic acids is 2. The maximum Gasteiger partial charge on any atom is 0.310 e. The standard InChI is InChI=1S/C25H42N3O5S.HI/c1-6-7-8-11-17-31-24-23(26-34-27-24)20-13-12-16-28(5,18-20)19-32-21(29)14-9-10-15-22(30)33-25(2,3)4;/h13H,6-12,14-19H2,1-5H3;1H/q+1;/p-1. The largest absolute Gasteiger partial charge is 1.00 e. The van der Waals surface area contributed by atoms with Crippen LogP contribution in [0.2, 0.25) is 0 Å². The lowest BCUT2D eigenvalue weighted by molar-refractivity contribution is -0.919. The zero-order valence-electron chi connectivity index (χ0n) is 21.9. The number of nitrogens with zero attached hydrogens (tertiary/aromatic N) is 3. The summed E-state index contributed by atoms with van der Waals surface area (Å²) in [6.45, 7) is 10.3. The second-order valence-electron chi connectivity index (χ2n) is 10.3.